The largest absolute Gasteiger partial charge is 0.313 e. The van der Waals surface area contributed by atoms with E-state index in [2.05, 4.69) is 35.4 Å². The summed E-state index contributed by atoms with van der Waals surface area (Å²) in [5, 5.41) is 3.22. The predicted molar refractivity (Wildman–Crippen MR) is 67.1 cm³/mol. The first-order valence-electron chi connectivity index (χ1n) is 5.49. The number of benzene rings is 1. The van der Waals surface area contributed by atoms with E-state index < -0.39 is 0 Å². The summed E-state index contributed by atoms with van der Waals surface area (Å²) in [7, 11) is 1.96. The molecule has 0 aliphatic heterocycles. The van der Waals surface area contributed by atoms with E-state index in [9.17, 15) is 0 Å². The third kappa shape index (κ3) is 2.28. The lowest BCUT2D eigenvalue weighted by atomic mass is 10.0. The van der Waals surface area contributed by atoms with Gasteiger partial charge in [-0.2, -0.15) is 0 Å². The summed E-state index contributed by atoms with van der Waals surface area (Å²) in [6, 6.07) is 12.8. The molecule has 0 radical (unpaired) electrons. The van der Waals surface area contributed by atoms with E-state index in [1.54, 1.807) is 0 Å². The highest BCUT2D eigenvalue weighted by Gasteiger charge is 2.04. The van der Waals surface area contributed by atoms with Gasteiger partial charge in [0.15, 0.2) is 0 Å². The van der Waals surface area contributed by atoms with Crippen LogP contribution in [-0.4, -0.2) is 12.0 Å². The molecule has 1 unspecified atom stereocenters. The molecule has 16 heavy (non-hydrogen) atoms. The lowest BCUT2D eigenvalue weighted by Crippen LogP contribution is -2.12. The highest BCUT2D eigenvalue weighted by molar-refractivity contribution is 5.62. The van der Waals surface area contributed by atoms with Crippen LogP contribution in [0.4, 0.5) is 0 Å². The molecule has 82 valence electrons. The Bertz CT molecular complexity index is 451. The van der Waals surface area contributed by atoms with Crippen molar-refractivity contribution in [2.45, 2.75) is 13.0 Å². The number of nitrogens with one attached hydrogen (secondary N) is 1. The zero-order valence-electron chi connectivity index (χ0n) is 9.64. The van der Waals surface area contributed by atoms with Crippen molar-refractivity contribution in [3.05, 3.63) is 54.4 Å². The van der Waals surface area contributed by atoms with Gasteiger partial charge in [-0.05, 0) is 31.2 Å². The first kappa shape index (κ1) is 10.8. The second-order valence-corrected chi connectivity index (χ2v) is 3.88. The first-order chi connectivity index (χ1) is 7.81. The molecule has 1 aromatic carbocycles. The van der Waals surface area contributed by atoms with Crippen LogP contribution in [0.15, 0.2) is 48.8 Å². The van der Waals surface area contributed by atoms with Crippen LogP contribution in [-0.2, 0) is 0 Å². The highest BCUT2D eigenvalue weighted by atomic mass is 14.9. The molecule has 0 amide bonds. The van der Waals surface area contributed by atoms with Crippen molar-refractivity contribution < 1.29 is 0 Å². The topological polar surface area (TPSA) is 24.9 Å². The molecular weight excluding hydrogens is 196 g/mol. The van der Waals surface area contributed by atoms with Crippen molar-refractivity contribution in [3.8, 4) is 11.1 Å². The smallest absolute Gasteiger partial charge is 0.0346 e. The van der Waals surface area contributed by atoms with E-state index in [4.69, 9.17) is 0 Å². The zero-order chi connectivity index (χ0) is 11.4. The minimum absolute atomic E-state index is 0.330. The monoisotopic (exact) mass is 212 g/mol. The van der Waals surface area contributed by atoms with Crippen molar-refractivity contribution in [2.24, 2.45) is 0 Å². The normalized spacial score (nSPS) is 12.4. The van der Waals surface area contributed by atoms with Crippen LogP contribution in [0.1, 0.15) is 18.5 Å². The fourth-order valence-corrected chi connectivity index (χ4v) is 1.65. The molecule has 1 aromatic heterocycles. The Balaban J connectivity index is 2.36. The van der Waals surface area contributed by atoms with Gasteiger partial charge < -0.3 is 5.32 Å². The maximum absolute atomic E-state index is 4.29. The minimum Gasteiger partial charge on any atom is -0.313 e. The average molecular weight is 212 g/mol. The molecular formula is C14H16N2. The summed E-state index contributed by atoms with van der Waals surface area (Å²) in [5.41, 5.74) is 3.59. The van der Waals surface area contributed by atoms with E-state index in [1.165, 1.54) is 16.7 Å². The summed E-state index contributed by atoms with van der Waals surface area (Å²) in [6.07, 6.45) is 3.81. The zero-order valence-corrected chi connectivity index (χ0v) is 9.64. The van der Waals surface area contributed by atoms with Gasteiger partial charge in [-0.25, -0.2) is 0 Å². The fraction of sp³-hybridized carbons (Fsp3) is 0.214. The third-order valence-corrected chi connectivity index (χ3v) is 2.80. The molecule has 0 spiro atoms. The molecule has 0 bridgehead atoms. The van der Waals surface area contributed by atoms with Crippen LogP contribution < -0.4 is 5.32 Å². The van der Waals surface area contributed by atoms with Gasteiger partial charge in [0.25, 0.3) is 0 Å². The Hall–Kier alpha value is -1.67. The molecule has 0 fully saturated rings. The van der Waals surface area contributed by atoms with Crippen LogP contribution in [0.5, 0.6) is 0 Å². The van der Waals surface area contributed by atoms with Gasteiger partial charge in [-0.15, -0.1) is 0 Å². The minimum atomic E-state index is 0.330. The lowest BCUT2D eigenvalue weighted by Gasteiger charge is -2.11. The van der Waals surface area contributed by atoms with Crippen LogP contribution in [0, 0.1) is 0 Å². The van der Waals surface area contributed by atoms with Crippen molar-refractivity contribution in [3.63, 3.8) is 0 Å². The highest BCUT2D eigenvalue weighted by Crippen LogP contribution is 2.21. The molecule has 0 aliphatic carbocycles. The summed E-state index contributed by atoms with van der Waals surface area (Å²) in [6.45, 7) is 2.13. The van der Waals surface area contributed by atoms with Crippen LogP contribution in [0.25, 0.3) is 11.1 Å². The Morgan fingerprint density at radius 1 is 1.06 bits per heavy atom. The quantitative estimate of drug-likeness (QED) is 0.846. The molecule has 0 saturated heterocycles. The molecule has 2 rings (SSSR count). The standard InChI is InChI=1S/C14H16N2/c1-11(15-2)13-8-14(10-16-9-13)12-6-4-3-5-7-12/h3-11,15H,1-2H3. The van der Waals surface area contributed by atoms with Gasteiger partial charge >= 0.3 is 0 Å². The Kier molecular flexibility index (Phi) is 3.32. The molecule has 0 aliphatic rings. The van der Waals surface area contributed by atoms with Gasteiger partial charge in [-0.1, -0.05) is 30.3 Å². The first-order valence-corrected chi connectivity index (χ1v) is 5.49. The Morgan fingerprint density at radius 3 is 2.50 bits per heavy atom. The maximum Gasteiger partial charge on any atom is 0.0346 e. The molecule has 1 N–H and O–H groups in total. The molecule has 1 heterocycles. The summed E-state index contributed by atoms with van der Waals surface area (Å²) in [5.74, 6) is 0. The fourth-order valence-electron chi connectivity index (χ4n) is 1.65. The number of rotatable bonds is 3. The van der Waals surface area contributed by atoms with Gasteiger partial charge in [-0.3, -0.25) is 4.98 Å². The summed E-state index contributed by atoms with van der Waals surface area (Å²) < 4.78 is 0. The maximum atomic E-state index is 4.29. The molecule has 1 atom stereocenters. The van der Waals surface area contributed by atoms with Gasteiger partial charge in [0.2, 0.25) is 0 Å². The third-order valence-electron chi connectivity index (χ3n) is 2.80. The van der Waals surface area contributed by atoms with Crippen molar-refractivity contribution in [1.29, 1.82) is 0 Å². The van der Waals surface area contributed by atoms with E-state index in [0.717, 1.165) is 0 Å². The second-order valence-electron chi connectivity index (χ2n) is 3.88. The van der Waals surface area contributed by atoms with Gasteiger partial charge in [0.1, 0.15) is 0 Å². The number of hydrogen-bond donors (Lipinski definition) is 1. The average Bonchev–Trinajstić information content (AvgIpc) is 2.39. The van der Waals surface area contributed by atoms with E-state index in [0.29, 0.717) is 6.04 Å². The van der Waals surface area contributed by atoms with E-state index in [-0.39, 0.29) is 0 Å². The van der Waals surface area contributed by atoms with E-state index >= 15 is 0 Å². The van der Waals surface area contributed by atoms with Gasteiger partial charge in [0.05, 0.1) is 0 Å². The molecule has 0 saturated carbocycles. The number of pyridine rings is 1. The number of nitrogens with zero attached hydrogens (tertiary/aromatic N) is 1. The summed E-state index contributed by atoms with van der Waals surface area (Å²) >= 11 is 0. The predicted octanol–water partition coefficient (Wildman–Crippen LogP) is 3.03. The molecule has 2 heteroatoms. The summed E-state index contributed by atoms with van der Waals surface area (Å²) in [4.78, 5) is 4.29. The second kappa shape index (κ2) is 4.90. The van der Waals surface area contributed by atoms with Crippen LogP contribution >= 0.6 is 0 Å². The molecule has 2 nitrogen and oxygen atoms in total. The van der Waals surface area contributed by atoms with Crippen LogP contribution in [0.3, 0.4) is 0 Å². The Morgan fingerprint density at radius 2 is 1.81 bits per heavy atom. The van der Waals surface area contributed by atoms with E-state index in [1.807, 2.05) is 37.6 Å². The number of hydrogen-bond acceptors (Lipinski definition) is 2. The van der Waals surface area contributed by atoms with Crippen LogP contribution in [0.2, 0.25) is 0 Å². The Labute approximate surface area is 96.4 Å². The molecule has 2 aromatic rings. The van der Waals surface area contributed by atoms with Crippen molar-refractivity contribution in [1.82, 2.24) is 10.3 Å². The van der Waals surface area contributed by atoms with Gasteiger partial charge in [0, 0.05) is 24.0 Å². The van der Waals surface area contributed by atoms with Crippen molar-refractivity contribution in [2.75, 3.05) is 7.05 Å². The SMILES string of the molecule is CNC(C)c1cncc(-c2ccccc2)c1. The van der Waals surface area contributed by atoms with Crippen molar-refractivity contribution >= 4 is 0 Å². The lowest BCUT2D eigenvalue weighted by molar-refractivity contribution is 0.650. The number of aromatic nitrogens is 1.